The van der Waals surface area contributed by atoms with E-state index in [1.54, 1.807) is 0 Å². The van der Waals surface area contributed by atoms with Crippen molar-refractivity contribution in [2.75, 3.05) is 6.06 Å². The van der Waals surface area contributed by atoms with Crippen molar-refractivity contribution in [2.45, 2.75) is 34.1 Å². The molecule has 331 valence electrons. The number of carbonyl (C=O) groups excluding carboxylic acids is 2. The number of benzene rings is 8. The molecule has 0 spiro atoms. The Morgan fingerprint density at radius 3 is 1.31 bits per heavy atom. The van der Waals surface area contributed by atoms with Crippen molar-refractivity contribution in [3.8, 4) is 33.8 Å². The number of hydrogen-bond donors (Lipinski definition) is 0. The van der Waals surface area contributed by atoms with Crippen LogP contribution in [0.1, 0.15) is 31.4 Å². The van der Waals surface area contributed by atoms with Gasteiger partial charge in [0.1, 0.15) is 11.6 Å². The van der Waals surface area contributed by atoms with Crippen LogP contribution in [0.2, 0.25) is 0 Å². The number of Topliss-reactive ketones (excluding diaryl/α,β-unsaturated/α-hetero) is 2. The third-order valence-corrected chi connectivity index (χ3v) is 11.5. The fourth-order valence-corrected chi connectivity index (χ4v) is 8.39. The molecular weight excluding hydrogens is 1020 g/mol. The standard InChI is InChI=1S/C36H24N2.C17H14N.C5H8O2.CH4BP.Ir/c1-5-13-33-29(9-1)30-10-2-6-14-34(30)37(33)27-21-17-25(18-22-27)26-19-23-28(24-20-26)38-35-15-7-3-11-31(35)32-12-4-8-16-36(32)38;1-12-7-8-15(11-13(12)2)17-10-9-14-5-3-4-6-16(14)18-17;1-4(6)3-5(2)7;2-1-3;/h1-24H;3-7,9-11H,1-2H3;3H2,1-2H3;1,3H2;/q;-1;;;. The summed E-state index contributed by atoms with van der Waals surface area (Å²) in [5, 5.41) is 6.31. The molecule has 67 heavy (non-hydrogen) atoms. The van der Waals surface area contributed by atoms with E-state index in [2.05, 4.69) is 213 Å². The van der Waals surface area contributed by atoms with Crippen molar-refractivity contribution in [3.05, 3.63) is 211 Å². The Hall–Kier alpha value is -6.75. The summed E-state index contributed by atoms with van der Waals surface area (Å²) in [6.07, 6.45) is 0.0833. The van der Waals surface area contributed by atoms with Gasteiger partial charge in [-0.15, -0.1) is 44.1 Å². The Morgan fingerprint density at radius 2 is 0.925 bits per heavy atom. The number of carbonyl (C=O) groups is 2. The van der Waals surface area contributed by atoms with E-state index in [0.717, 1.165) is 16.8 Å². The van der Waals surface area contributed by atoms with E-state index in [1.165, 1.54) is 96.5 Å². The average molecular weight is 1070 g/mol. The minimum absolute atomic E-state index is 0. The number of rotatable bonds is 6. The van der Waals surface area contributed by atoms with Crippen LogP contribution in [0.5, 0.6) is 0 Å². The second-order valence-electron chi connectivity index (χ2n) is 16.3. The van der Waals surface area contributed by atoms with E-state index >= 15 is 0 Å². The van der Waals surface area contributed by atoms with E-state index in [4.69, 9.17) is 7.85 Å². The zero-order valence-corrected chi connectivity index (χ0v) is 41.6. The number of pyridine rings is 1. The summed E-state index contributed by atoms with van der Waals surface area (Å²) in [7, 11) is 7.17. The minimum atomic E-state index is -0.0625. The first-order chi connectivity index (χ1) is 32.1. The molecule has 5 nitrogen and oxygen atoms in total. The molecule has 8 aromatic carbocycles. The smallest absolute Gasteiger partial charge is 0.137 e. The quantitative estimate of drug-likeness (QED) is 0.0722. The molecule has 11 aromatic rings. The topological polar surface area (TPSA) is 56.9 Å². The van der Waals surface area contributed by atoms with E-state index in [-0.39, 0.29) is 38.1 Å². The first-order valence-corrected chi connectivity index (χ1v) is 22.9. The Balaban J connectivity index is 0.000000191. The molecule has 0 saturated carbocycles. The summed E-state index contributed by atoms with van der Waals surface area (Å²) >= 11 is 0. The van der Waals surface area contributed by atoms with Crippen molar-refractivity contribution < 1.29 is 29.7 Å². The largest absolute Gasteiger partial charge is 0.309 e. The van der Waals surface area contributed by atoms with Crippen LogP contribution in [0.15, 0.2) is 194 Å². The maximum absolute atomic E-state index is 10.0. The Kier molecular flexibility index (Phi) is 15.9. The summed E-state index contributed by atoms with van der Waals surface area (Å²) in [4.78, 5) is 24.8. The van der Waals surface area contributed by atoms with Crippen molar-refractivity contribution in [3.63, 3.8) is 0 Å². The molecule has 1 atom stereocenters. The van der Waals surface area contributed by atoms with Crippen molar-refractivity contribution in [1.29, 1.82) is 0 Å². The number of hydrogen-bond acceptors (Lipinski definition) is 3. The minimum Gasteiger partial charge on any atom is -0.309 e. The molecule has 0 aliphatic rings. The summed E-state index contributed by atoms with van der Waals surface area (Å²) in [6.45, 7) is 7.03. The van der Waals surface area contributed by atoms with Gasteiger partial charge in [0.25, 0.3) is 0 Å². The molecule has 11 rings (SSSR count). The number of aryl methyl sites for hydroxylation is 2. The summed E-state index contributed by atoms with van der Waals surface area (Å²) < 4.78 is 4.72. The van der Waals surface area contributed by atoms with Crippen molar-refractivity contribution >= 4 is 83.2 Å². The molecule has 3 aromatic heterocycles. The van der Waals surface area contributed by atoms with Crippen LogP contribution in [-0.4, -0.2) is 39.6 Å². The van der Waals surface area contributed by atoms with E-state index in [0.29, 0.717) is 6.06 Å². The van der Waals surface area contributed by atoms with Gasteiger partial charge in [-0.25, -0.2) is 0 Å². The molecule has 0 fully saturated rings. The molecule has 0 aliphatic heterocycles. The normalized spacial score (nSPS) is 10.6. The van der Waals surface area contributed by atoms with Crippen LogP contribution in [0.25, 0.3) is 88.3 Å². The molecule has 0 saturated heterocycles. The summed E-state index contributed by atoms with van der Waals surface area (Å²) in [5.74, 6) is -0.125. The molecule has 0 aliphatic carbocycles. The van der Waals surface area contributed by atoms with Gasteiger partial charge in [-0.2, -0.15) is 0 Å². The predicted molar refractivity (Wildman–Crippen MR) is 282 cm³/mol. The van der Waals surface area contributed by atoms with Gasteiger partial charge >= 0.3 is 0 Å². The predicted octanol–water partition coefficient (Wildman–Crippen LogP) is 14.4. The van der Waals surface area contributed by atoms with Gasteiger partial charge in [0.15, 0.2) is 0 Å². The number of aromatic nitrogens is 3. The van der Waals surface area contributed by atoms with Crippen LogP contribution in [0, 0.1) is 19.9 Å². The Morgan fingerprint density at radius 1 is 0.537 bits per heavy atom. The zero-order chi connectivity index (χ0) is 46.2. The second kappa shape index (κ2) is 22.2. The maximum Gasteiger partial charge on any atom is 0.137 e. The van der Waals surface area contributed by atoms with E-state index in [1.807, 2.05) is 24.3 Å². The third kappa shape index (κ3) is 10.8. The fraction of sp³-hybridized carbons (Fsp3) is 0.102. The second-order valence-corrected chi connectivity index (χ2v) is 16.7. The van der Waals surface area contributed by atoms with Gasteiger partial charge in [0.05, 0.1) is 41.9 Å². The molecule has 0 amide bonds. The van der Waals surface area contributed by atoms with Gasteiger partial charge in [0, 0.05) is 53.0 Å². The molecule has 8 heteroatoms. The molecule has 0 bridgehead atoms. The number of ketones is 2. The van der Waals surface area contributed by atoms with Crippen LogP contribution in [-0.2, 0) is 29.7 Å². The van der Waals surface area contributed by atoms with Crippen LogP contribution in [0.4, 0.5) is 0 Å². The Bertz CT molecular complexity index is 3210. The zero-order valence-electron chi connectivity index (χ0n) is 38.0. The number of nitrogens with zero attached hydrogens (tertiary/aromatic N) is 3. The van der Waals surface area contributed by atoms with Crippen LogP contribution >= 0.6 is 9.24 Å². The van der Waals surface area contributed by atoms with Gasteiger partial charge in [-0.3, -0.25) is 14.6 Å². The molecule has 1 unspecified atom stereocenters. The van der Waals surface area contributed by atoms with Crippen LogP contribution < -0.4 is 0 Å². The van der Waals surface area contributed by atoms with E-state index in [9.17, 15) is 9.59 Å². The summed E-state index contributed by atoms with van der Waals surface area (Å²) in [6, 6.07) is 72.9. The van der Waals surface area contributed by atoms with Crippen molar-refractivity contribution in [2.24, 2.45) is 0 Å². The van der Waals surface area contributed by atoms with Crippen LogP contribution in [0.3, 0.4) is 0 Å². The fourth-order valence-electron chi connectivity index (χ4n) is 8.39. The average Bonchev–Trinajstić information content (AvgIpc) is 3.86. The van der Waals surface area contributed by atoms with Gasteiger partial charge in [-0.05, 0) is 90.7 Å². The maximum atomic E-state index is 10.0. The number of fused-ring (bicyclic) bond motifs is 7. The van der Waals surface area contributed by atoms with Gasteiger partial charge in [-0.1, -0.05) is 147 Å². The monoisotopic (exact) mass is 1070 g/mol. The molecular formula is C59H50BIrN3O2P-. The number of para-hydroxylation sites is 5. The van der Waals surface area contributed by atoms with Gasteiger partial charge < -0.3 is 9.13 Å². The first kappa shape index (κ1) is 48.2. The van der Waals surface area contributed by atoms with E-state index < -0.39 is 0 Å². The van der Waals surface area contributed by atoms with Gasteiger partial charge in [0.2, 0.25) is 0 Å². The molecule has 3 heterocycles. The molecule has 0 N–H and O–H groups in total. The SMILES string of the molecule is CC(=O)CC(C)=O.Cc1c[c-]c(-c2ccc3ccccc3n2)cc1C.[B]CP.[Ir].c1ccc2c(c1)c1ccccc1n2-c1ccc(-c2ccc(-n3c4ccccc4c4ccccc43)cc2)cc1. The first-order valence-electron chi connectivity index (χ1n) is 22.1. The molecule has 3 radical (unpaired) electrons. The summed E-state index contributed by atoms with van der Waals surface area (Å²) in [5.41, 5.74) is 15.3. The third-order valence-electron chi connectivity index (χ3n) is 11.5. The Labute approximate surface area is 409 Å². The van der Waals surface area contributed by atoms with Crippen molar-refractivity contribution in [1.82, 2.24) is 14.1 Å².